The largest absolute Gasteiger partial charge is 0.508 e. The van der Waals surface area contributed by atoms with Gasteiger partial charge in [0.2, 0.25) is 11.8 Å². The van der Waals surface area contributed by atoms with Crippen molar-refractivity contribution in [1.29, 1.82) is 0 Å². The molecular formula is C39H57BrN6O9. The minimum Gasteiger partial charge on any atom is -0.508 e. The molecule has 0 spiro atoms. The monoisotopic (exact) mass is 832 g/mol. The number of benzene rings is 2. The van der Waals surface area contributed by atoms with Crippen LogP contribution >= 0.6 is 15.9 Å². The van der Waals surface area contributed by atoms with E-state index in [1.165, 1.54) is 12.1 Å². The second-order valence-corrected chi connectivity index (χ2v) is 15.4. The number of nitrogens with one attached hydrogen (secondary N) is 5. The van der Waals surface area contributed by atoms with Crippen LogP contribution in [0.2, 0.25) is 0 Å². The summed E-state index contributed by atoms with van der Waals surface area (Å²) in [6.07, 6.45) is -0.250. The van der Waals surface area contributed by atoms with Crippen LogP contribution < -0.4 is 26.7 Å². The molecule has 6 N–H and O–H groups in total. The minimum atomic E-state index is -1.14. The van der Waals surface area contributed by atoms with Gasteiger partial charge in [-0.1, -0.05) is 86.1 Å². The minimum absolute atomic E-state index is 0.00739. The summed E-state index contributed by atoms with van der Waals surface area (Å²) in [4.78, 5) is 78.9. The number of amides is 6. The Kier molecular flexibility index (Phi) is 19.5. The number of unbranched alkanes of at least 4 members (excludes halogenated alkanes) is 1. The lowest BCUT2D eigenvalue weighted by Gasteiger charge is -2.29. The van der Waals surface area contributed by atoms with E-state index in [1.54, 1.807) is 46.8 Å². The molecule has 0 aliphatic rings. The Labute approximate surface area is 332 Å². The fourth-order valence-electron chi connectivity index (χ4n) is 5.17. The Balaban J connectivity index is 2.21. The van der Waals surface area contributed by atoms with Gasteiger partial charge in [-0.3, -0.25) is 24.6 Å². The number of hydrogen-bond donors (Lipinski definition) is 6. The predicted octanol–water partition coefficient (Wildman–Crippen LogP) is 4.81. The number of phenols is 1. The van der Waals surface area contributed by atoms with E-state index in [0.717, 1.165) is 10.6 Å². The molecule has 0 saturated heterocycles. The number of alkyl carbamates (subject to hydrolysis) is 2. The highest BCUT2D eigenvalue weighted by Gasteiger charge is 2.33. The quantitative estimate of drug-likeness (QED) is 0.0652. The van der Waals surface area contributed by atoms with Crippen LogP contribution in [0.25, 0.3) is 0 Å². The summed E-state index contributed by atoms with van der Waals surface area (Å²) >= 11 is 3.14. The van der Waals surface area contributed by atoms with Gasteiger partial charge in [-0.05, 0) is 81.5 Å². The van der Waals surface area contributed by atoms with Gasteiger partial charge in [-0.25, -0.2) is 14.6 Å². The molecule has 2 rings (SSSR count). The first-order valence-corrected chi connectivity index (χ1v) is 19.5. The second-order valence-electron chi connectivity index (χ2n) is 14.9. The van der Waals surface area contributed by atoms with E-state index in [9.17, 15) is 33.9 Å². The number of aromatic hydroxyl groups is 1. The zero-order chi connectivity index (χ0) is 41.1. The molecule has 15 nitrogen and oxygen atoms in total. The van der Waals surface area contributed by atoms with Crippen molar-refractivity contribution in [1.82, 2.24) is 31.7 Å². The van der Waals surface area contributed by atoms with Crippen LogP contribution in [0.1, 0.15) is 85.3 Å². The number of phenolic OH excluding ortho intramolecular Hbond substituents is 1. The first-order valence-electron chi connectivity index (χ1n) is 18.4. The van der Waals surface area contributed by atoms with Gasteiger partial charge >= 0.3 is 12.2 Å². The van der Waals surface area contributed by atoms with E-state index in [1.807, 2.05) is 44.2 Å². The smallest absolute Gasteiger partial charge is 0.408 e. The molecule has 0 aliphatic carbocycles. The Hall–Kier alpha value is -4.86. The number of hydrazine groups is 1. The summed E-state index contributed by atoms with van der Waals surface area (Å²) in [5.74, 6) is -2.77. The second kappa shape index (κ2) is 23.1. The maximum atomic E-state index is 13.9. The van der Waals surface area contributed by atoms with Crippen LogP contribution in [0, 0.1) is 11.8 Å². The van der Waals surface area contributed by atoms with Crippen LogP contribution in [-0.2, 0) is 41.8 Å². The molecule has 0 aromatic heterocycles. The molecule has 304 valence electrons. The van der Waals surface area contributed by atoms with Crippen molar-refractivity contribution in [3.05, 3.63) is 65.7 Å². The summed E-state index contributed by atoms with van der Waals surface area (Å²) in [6, 6.07) is 12.1. The first-order chi connectivity index (χ1) is 25.9. The molecule has 0 aliphatic heterocycles. The molecule has 0 heterocycles. The maximum Gasteiger partial charge on any atom is 0.408 e. The van der Waals surface area contributed by atoms with Gasteiger partial charge in [-0.15, -0.1) is 0 Å². The first kappa shape index (κ1) is 46.3. The van der Waals surface area contributed by atoms with Crippen molar-refractivity contribution in [3.63, 3.8) is 0 Å². The Morgan fingerprint density at radius 2 is 1.42 bits per heavy atom. The third-order valence-corrected chi connectivity index (χ3v) is 8.41. The van der Waals surface area contributed by atoms with Crippen LogP contribution in [0.4, 0.5) is 9.59 Å². The van der Waals surface area contributed by atoms with E-state index in [-0.39, 0.29) is 55.5 Å². The zero-order valence-electron chi connectivity index (χ0n) is 32.8. The Morgan fingerprint density at radius 1 is 0.782 bits per heavy atom. The van der Waals surface area contributed by atoms with Crippen LogP contribution in [0.15, 0.2) is 54.6 Å². The van der Waals surface area contributed by atoms with E-state index < -0.39 is 59.5 Å². The van der Waals surface area contributed by atoms with Gasteiger partial charge in [0.05, 0.1) is 11.9 Å². The molecular weight excluding hydrogens is 776 g/mol. The van der Waals surface area contributed by atoms with E-state index in [0.29, 0.717) is 18.4 Å². The van der Waals surface area contributed by atoms with Crippen molar-refractivity contribution in [2.45, 2.75) is 111 Å². The number of hydrogen-bond acceptors (Lipinski definition) is 9. The fourth-order valence-corrected chi connectivity index (χ4v) is 5.47. The average molecular weight is 834 g/mol. The molecule has 2 aromatic carbocycles. The fraction of sp³-hybridized carbons (Fsp3) is 0.538. The lowest BCUT2D eigenvalue weighted by atomic mass is 10.0. The summed E-state index contributed by atoms with van der Waals surface area (Å²) in [6.45, 7) is 12.6. The lowest BCUT2D eigenvalue weighted by Crippen LogP contribution is -2.59. The third-order valence-electron chi connectivity index (χ3n) is 7.93. The van der Waals surface area contributed by atoms with E-state index in [2.05, 4.69) is 42.6 Å². The van der Waals surface area contributed by atoms with Crippen molar-refractivity contribution < 1.29 is 43.3 Å². The maximum absolute atomic E-state index is 13.9. The molecule has 2 aromatic rings. The number of halogens is 1. The van der Waals surface area contributed by atoms with Gasteiger partial charge in [0.1, 0.15) is 36.1 Å². The van der Waals surface area contributed by atoms with E-state index >= 15 is 0 Å². The van der Waals surface area contributed by atoms with Gasteiger partial charge in [0, 0.05) is 6.54 Å². The van der Waals surface area contributed by atoms with Crippen molar-refractivity contribution in [2.75, 3.05) is 11.9 Å². The highest BCUT2D eigenvalue weighted by molar-refractivity contribution is 9.09. The molecule has 3 atom stereocenters. The Morgan fingerprint density at radius 3 is 2.00 bits per heavy atom. The molecule has 55 heavy (non-hydrogen) atoms. The highest BCUT2D eigenvalue weighted by atomic mass is 79.9. The van der Waals surface area contributed by atoms with Crippen molar-refractivity contribution >= 4 is 51.7 Å². The summed E-state index contributed by atoms with van der Waals surface area (Å²) < 4.78 is 10.6. The van der Waals surface area contributed by atoms with E-state index in [4.69, 9.17) is 9.47 Å². The van der Waals surface area contributed by atoms with Crippen LogP contribution in [0.5, 0.6) is 5.75 Å². The van der Waals surface area contributed by atoms with Crippen molar-refractivity contribution in [3.8, 4) is 5.75 Å². The number of carbonyl (C=O) groups is 6. The van der Waals surface area contributed by atoms with Gasteiger partial charge < -0.3 is 35.8 Å². The number of nitrogens with zero attached hydrogens (tertiary/aromatic N) is 1. The average Bonchev–Trinajstić information content (AvgIpc) is 3.11. The predicted molar refractivity (Wildman–Crippen MR) is 210 cm³/mol. The number of alkyl halides is 1. The van der Waals surface area contributed by atoms with Gasteiger partial charge in [0.25, 0.3) is 11.8 Å². The molecule has 0 bridgehead atoms. The molecule has 0 fully saturated rings. The summed E-state index contributed by atoms with van der Waals surface area (Å²) in [5, 5.41) is 21.5. The molecule has 0 unspecified atom stereocenters. The third kappa shape index (κ3) is 18.4. The SMILES string of the molecule is CC(C)C[C@H](NC(=O)[C@H](CCCCNC(=O)OCc1ccccc1)NC(=O)[C@@H](NC(=O)OC(C)(C)C)C(C)C)C(=O)NN(Cc1ccc(O)cc1)C(=O)CBr. The highest BCUT2D eigenvalue weighted by Crippen LogP contribution is 2.14. The van der Waals surface area contributed by atoms with Crippen LogP contribution in [0.3, 0.4) is 0 Å². The topological polar surface area (TPSA) is 204 Å². The lowest BCUT2D eigenvalue weighted by molar-refractivity contribution is -0.142. The molecule has 6 amide bonds. The summed E-state index contributed by atoms with van der Waals surface area (Å²) in [5.41, 5.74) is 3.29. The van der Waals surface area contributed by atoms with Gasteiger partial charge in [-0.2, -0.15) is 0 Å². The normalized spacial score (nSPS) is 12.8. The van der Waals surface area contributed by atoms with Crippen LogP contribution in [-0.4, -0.2) is 81.5 Å². The Bertz CT molecular complexity index is 1550. The molecule has 16 heteroatoms. The summed E-state index contributed by atoms with van der Waals surface area (Å²) in [7, 11) is 0. The number of rotatable bonds is 19. The zero-order valence-corrected chi connectivity index (χ0v) is 34.4. The van der Waals surface area contributed by atoms with Gasteiger partial charge in [0.15, 0.2) is 0 Å². The van der Waals surface area contributed by atoms with Crippen molar-refractivity contribution in [2.24, 2.45) is 11.8 Å². The number of ether oxygens (including phenoxy) is 2. The molecule has 0 radical (unpaired) electrons. The standard InChI is InChI=1S/C39H57BrN6O9/c1-25(2)21-31(35(50)45-46(32(48)22-40)23-27-16-18-29(47)19-17-27)43-34(49)30(42-36(51)33(26(3)4)44-38(53)55-39(5,6)7)15-11-12-20-41-37(52)54-24-28-13-9-8-10-14-28/h8-10,13-14,16-19,25-26,30-31,33,47H,11-12,15,20-24H2,1-7H3,(H,41,52)(H,42,51)(H,43,49)(H,44,53)(H,45,50)/t30-,31-,33-/m0/s1. The molecule has 0 saturated carbocycles. The number of carbonyl (C=O) groups excluding carboxylic acids is 6.